The number of pyridine rings is 1. The van der Waals surface area contributed by atoms with Gasteiger partial charge in [-0.3, -0.25) is 4.79 Å². The zero-order chi connectivity index (χ0) is 21.2. The van der Waals surface area contributed by atoms with Gasteiger partial charge in [-0.05, 0) is 19.4 Å². The number of aromatic nitrogens is 4. The highest BCUT2D eigenvalue weighted by Gasteiger charge is 2.33. The minimum absolute atomic E-state index is 0.0592. The molecular formula is C17H19Cl2N5O3S2. The molecule has 1 aliphatic heterocycles. The number of thioether (sulfide) groups is 1. The lowest BCUT2D eigenvalue weighted by Gasteiger charge is -2.14. The standard InChI is InChI=1S/C17H19Cl2N5O3S2/c1-3-5-24-15(11-4-6-29(26,27)9-11)22-23-17(24)28-10(2)16(25)21-14-13(19)7-12(18)8-20-14/h3,7-8,10-11H,1,4-6,9H2,2H3,(H,20,21,25). The van der Waals surface area contributed by atoms with Crippen LogP contribution in [0.1, 0.15) is 25.1 Å². The van der Waals surface area contributed by atoms with Crippen molar-refractivity contribution < 1.29 is 13.2 Å². The Balaban J connectivity index is 1.75. The number of allylic oxidation sites excluding steroid dienone is 1. The first-order valence-corrected chi connectivity index (χ1v) is 12.2. The molecule has 0 radical (unpaired) electrons. The Kier molecular flexibility index (Phi) is 6.87. The number of rotatable bonds is 7. The van der Waals surface area contributed by atoms with E-state index in [0.29, 0.717) is 29.0 Å². The van der Waals surface area contributed by atoms with Crippen molar-refractivity contribution in [3.63, 3.8) is 0 Å². The third-order valence-electron chi connectivity index (χ3n) is 4.36. The molecule has 1 N–H and O–H groups in total. The van der Waals surface area contributed by atoms with Crippen molar-refractivity contribution in [1.29, 1.82) is 0 Å². The van der Waals surface area contributed by atoms with E-state index >= 15 is 0 Å². The lowest BCUT2D eigenvalue weighted by atomic mass is 10.1. The highest BCUT2D eigenvalue weighted by molar-refractivity contribution is 8.00. The molecule has 2 atom stereocenters. The van der Waals surface area contributed by atoms with Crippen LogP contribution in [-0.4, -0.2) is 50.8 Å². The van der Waals surface area contributed by atoms with Gasteiger partial charge in [-0.2, -0.15) is 0 Å². The number of hydrogen-bond acceptors (Lipinski definition) is 7. The summed E-state index contributed by atoms with van der Waals surface area (Å²) in [7, 11) is -3.05. The van der Waals surface area contributed by atoms with Gasteiger partial charge in [-0.25, -0.2) is 13.4 Å². The van der Waals surface area contributed by atoms with E-state index in [0.717, 1.165) is 0 Å². The molecule has 1 aliphatic rings. The van der Waals surface area contributed by atoms with Crippen LogP contribution in [0.15, 0.2) is 30.1 Å². The number of carbonyl (C=O) groups excluding carboxylic acids is 1. The van der Waals surface area contributed by atoms with Crippen LogP contribution in [0.4, 0.5) is 5.82 Å². The van der Waals surface area contributed by atoms with Crippen molar-refractivity contribution in [2.45, 2.75) is 36.2 Å². The van der Waals surface area contributed by atoms with Gasteiger partial charge >= 0.3 is 0 Å². The van der Waals surface area contributed by atoms with Crippen molar-refractivity contribution in [3.8, 4) is 0 Å². The summed E-state index contributed by atoms with van der Waals surface area (Å²) in [5.74, 6) is 0.507. The maximum Gasteiger partial charge on any atom is 0.238 e. The Bertz CT molecular complexity index is 1040. The molecular weight excluding hydrogens is 457 g/mol. The van der Waals surface area contributed by atoms with Gasteiger partial charge in [0.15, 0.2) is 20.8 Å². The van der Waals surface area contributed by atoms with E-state index in [1.54, 1.807) is 17.6 Å². The smallest absolute Gasteiger partial charge is 0.238 e. The minimum Gasteiger partial charge on any atom is -0.308 e. The number of hydrogen-bond donors (Lipinski definition) is 1. The molecule has 0 saturated carbocycles. The molecule has 156 valence electrons. The molecule has 1 fully saturated rings. The Morgan fingerprint density at radius 3 is 2.86 bits per heavy atom. The maximum absolute atomic E-state index is 12.6. The average molecular weight is 476 g/mol. The van der Waals surface area contributed by atoms with Crippen LogP contribution in [0.2, 0.25) is 10.0 Å². The summed E-state index contributed by atoms with van der Waals surface area (Å²) < 4.78 is 25.4. The Morgan fingerprint density at radius 1 is 1.48 bits per heavy atom. The first-order chi connectivity index (χ1) is 13.7. The molecule has 0 aliphatic carbocycles. The second-order valence-corrected chi connectivity index (χ2v) is 11.0. The van der Waals surface area contributed by atoms with Gasteiger partial charge in [-0.1, -0.05) is 41.0 Å². The number of halogens is 2. The summed E-state index contributed by atoms with van der Waals surface area (Å²) in [4.78, 5) is 16.6. The molecule has 0 bridgehead atoms. The molecule has 1 saturated heterocycles. The number of nitrogens with zero attached hydrogens (tertiary/aromatic N) is 4. The Labute approximate surface area is 183 Å². The maximum atomic E-state index is 12.6. The summed E-state index contributed by atoms with van der Waals surface area (Å²) in [5, 5.41) is 11.6. The van der Waals surface area contributed by atoms with Crippen molar-refractivity contribution >= 4 is 56.5 Å². The van der Waals surface area contributed by atoms with Gasteiger partial charge in [0.25, 0.3) is 0 Å². The molecule has 2 unspecified atom stereocenters. The zero-order valence-corrected chi connectivity index (χ0v) is 18.7. The lowest BCUT2D eigenvalue weighted by Crippen LogP contribution is -2.23. The monoisotopic (exact) mass is 475 g/mol. The van der Waals surface area contributed by atoms with Gasteiger partial charge in [-0.15, -0.1) is 16.8 Å². The van der Waals surface area contributed by atoms with Crippen molar-refractivity contribution in [3.05, 3.63) is 40.8 Å². The van der Waals surface area contributed by atoms with E-state index in [9.17, 15) is 13.2 Å². The first kappa shape index (κ1) is 22.1. The quantitative estimate of drug-likeness (QED) is 0.483. The summed E-state index contributed by atoms with van der Waals surface area (Å²) in [6.45, 7) is 5.88. The third-order valence-corrected chi connectivity index (χ3v) is 7.70. The van der Waals surface area contributed by atoms with Crippen LogP contribution >= 0.6 is 35.0 Å². The molecule has 0 spiro atoms. The van der Waals surface area contributed by atoms with Crippen LogP contribution in [0, 0.1) is 0 Å². The molecule has 0 aromatic carbocycles. The predicted octanol–water partition coefficient (Wildman–Crippen LogP) is 3.19. The van der Waals surface area contributed by atoms with Gasteiger partial charge in [0.1, 0.15) is 5.82 Å². The van der Waals surface area contributed by atoms with Crippen LogP contribution in [0.5, 0.6) is 0 Å². The fourth-order valence-corrected chi connectivity index (χ4v) is 5.96. The normalized spacial score (nSPS) is 19.1. The molecule has 1 amide bonds. The van der Waals surface area contributed by atoms with Crippen molar-refractivity contribution in [2.75, 3.05) is 16.8 Å². The van der Waals surface area contributed by atoms with Crippen LogP contribution in [0.25, 0.3) is 0 Å². The highest BCUT2D eigenvalue weighted by atomic mass is 35.5. The van der Waals surface area contributed by atoms with E-state index in [1.807, 2.05) is 0 Å². The number of carbonyl (C=O) groups is 1. The second kappa shape index (κ2) is 9.03. The van der Waals surface area contributed by atoms with Gasteiger partial charge in [0.05, 0.1) is 26.8 Å². The molecule has 8 nitrogen and oxygen atoms in total. The molecule has 12 heteroatoms. The number of nitrogens with one attached hydrogen (secondary N) is 1. The fourth-order valence-electron chi connectivity index (χ4n) is 2.93. The van der Waals surface area contributed by atoms with Crippen LogP contribution in [0.3, 0.4) is 0 Å². The topological polar surface area (TPSA) is 107 Å². The largest absolute Gasteiger partial charge is 0.308 e. The molecule has 29 heavy (non-hydrogen) atoms. The number of amides is 1. The van der Waals surface area contributed by atoms with E-state index in [4.69, 9.17) is 23.2 Å². The fraction of sp³-hybridized carbons (Fsp3) is 0.412. The SMILES string of the molecule is C=CCn1c(SC(C)C(=O)Nc2ncc(Cl)cc2Cl)nnc1C1CCS(=O)(=O)C1. The second-order valence-electron chi connectivity index (χ2n) is 6.57. The van der Waals surface area contributed by atoms with E-state index in [1.165, 1.54) is 24.0 Å². The lowest BCUT2D eigenvalue weighted by molar-refractivity contribution is -0.115. The molecule has 3 rings (SSSR count). The van der Waals surface area contributed by atoms with E-state index < -0.39 is 15.1 Å². The van der Waals surface area contributed by atoms with Crippen molar-refractivity contribution in [1.82, 2.24) is 19.7 Å². The Morgan fingerprint density at radius 2 is 2.24 bits per heavy atom. The summed E-state index contributed by atoms with van der Waals surface area (Å²) in [6.07, 6.45) is 3.59. The first-order valence-electron chi connectivity index (χ1n) is 8.73. The molecule has 3 heterocycles. The van der Waals surface area contributed by atoms with Crippen LogP contribution in [-0.2, 0) is 21.2 Å². The number of anilines is 1. The zero-order valence-electron chi connectivity index (χ0n) is 15.5. The predicted molar refractivity (Wildman–Crippen MR) is 114 cm³/mol. The average Bonchev–Trinajstić information content (AvgIpc) is 3.20. The Hall–Kier alpha value is -1.62. The minimum atomic E-state index is -3.05. The molecule has 2 aromatic rings. The van der Waals surface area contributed by atoms with E-state index in [2.05, 4.69) is 27.1 Å². The van der Waals surface area contributed by atoms with E-state index in [-0.39, 0.29) is 34.2 Å². The molecule has 2 aromatic heterocycles. The summed E-state index contributed by atoms with van der Waals surface area (Å²) in [6, 6.07) is 1.49. The third kappa shape index (κ3) is 5.30. The van der Waals surface area contributed by atoms with Crippen LogP contribution < -0.4 is 5.32 Å². The summed E-state index contributed by atoms with van der Waals surface area (Å²) in [5.41, 5.74) is 0. The van der Waals surface area contributed by atoms with Crippen molar-refractivity contribution in [2.24, 2.45) is 0 Å². The summed E-state index contributed by atoms with van der Waals surface area (Å²) >= 11 is 13.1. The highest BCUT2D eigenvalue weighted by Crippen LogP contribution is 2.32. The van der Waals surface area contributed by atoms with Gasteiger partial charge in [0, 0.05) is 18.7 Å². The van der Waals surface area contributed by atoms with Gasteiger partial charge in [0.2, 0.25) is 5.91 Å². The number of sulfone groups is 1. The van der Waals surface area contributed by atoms with Gasteiger partial charge < -0.3 is 9.88 Å².